The second-order valence-corrected chi connectivity index (χ2v) is 11.6. The van der Waals surface area contributed by atoms with Crippen LogP contribution >= 0.6 is 39.1 Å². The molecule has 0 atom stereocenters. The summed E-state index contributed by atoms with van der Waals surface area (Å²) < 4.78 is 30.0. The first-order valence-corrected chi connectivity index (χ1v) is 13.6. The lowest BCUT2D eigenvalue weighted by Crippen LogP contribution is -2.42. The van der Waals surface area contributed by atoms with E-state index in [-0.39, 0.29) is 10.9 Å². The number of nitrogens with zero attached hydrogens (tertiary/aromatic N) is 4. The Morgan fingerprint density at radius 1 is 1.03 bits per heavy atom. The van der Waals surface area contributed by atoms with Gasteiger partial charge in [-0.2, -0.15) is 13.9 Å². The van der Waals surface area contributed by atoms with E-state index in [0.717, 1.165) is 21.5 Å². The van der Waals surface area contributed by atoms with Gasteiger partial charge in [0.2, 0.25) is 10.0 Å². The summed E-state index contributed by atoms with van der Waals surface area (Å²) in [5.41, 5.74) is 2.22. The van der Waals surface area contributed by atoms with Crippen molar-refractivity contribution in [3.63, 3.8) is 0 Å². The molecule has 0 saturated carbocycles. The SMILES string of the molecule is O=S(=O)(c1ccc(Cl)cc1)N1CCC(Nc2cc(-c3ccccc3Cl)nc3c(Br)cnn23)CC1. The summed E-state index contributed by atoms with van der Waals surface area (Å²) in [4.78, 5) is 4.99. The number of hydrogen-bond acceptors (Lipinski definition) is 5. The number of sulfonamides is 1. The summed E-state index contributed by atoms with van der Waals surface area (Å²) in [6, 6.07) is 15.8. The van der Waals surface area contributed by atoms with Crippen LogP contribution in [-0.4, -0.2) is 46.5 Å². The molecule has 0 aliphatic carbocycles. The maximum atomic E-state index is 13.0. The Hall–Kier alpha value is -2.17. The summed E-state index contributed by atoms with van der Waals surface area (Å²) in [5.74, 6) is 0.768. The number of hydrogen-bond donors (Lipinski definition) is 1. The Morgan fingerprint density at radius 2 is 1.74 bits per heavy atom. The van der Waals surface area contributed by atoms with Crippen LogP contribution in [0.1, 0.15) is 12.8 Å². The molecule has 2 aromatic heterocycles. The van der Waals surface area contributed by atoms with E-state index in [1.165, 1.54) is 4.31 Å². The summed E-state index contributed by atoms with van der Waals surface area (Å²) in [5, 5.41) is 9.10. The molecule has 4 aromatic rings. The average Bonchev–Trinajstić information content (AvgIpc) is 3.21. The van der Waals surface area contributed by atoms with Gasteiger partial charge in [0.1, 0.15) is 5.82 Å². The van der Waals surface area contributed by atoms with Gasteiger partial charge < -0.3 is 5.32 Å². The van der Waals surface area contributed by atoms with Crippen molar-refractivity contribution in [2.24, 2.45) is 0 Å². The lowest BCUT2D eigenvalue weighted by molar-refractivity contribution is 0.329. The highest BCUT2D eigenvalue weighted by atomic mass is 79.9. The lowest BCUT2D eigenvalue weighted by Gasteiger charge is -2.32. The summed E-state index contributed by atoms with van der Waals surface area (Å²) in [6.45, 7) is 0.827. The number of rotatable bonds is 5. The summed E-state index contributed by atoms with van der Waals surface area (Å²) in [7, 11) is -3.56. The van der Waals surface area contributed by atoms with Gasteiger partial charge >= 0.3 is 0 Å². The van der Waals surface area contributed by atoms with E-state index in [1.807, 2.05) is 30.3 Å². The molecule has 1 aliphatic rings. The Balaban J connectivity index is 1.37. The molecule has 2 aromatic carbocycles. The van der Waals surface area contributed by atoms with Crippen LogP contribution in [0.4, 0.5) is 5.82 Å². The average molecular weight is 581 g/mol. The van der Waals surface area contributed by atoms with E-state index in [9.17, 15) is 8.42 Å². The Kier molecular flexibility index (Phi) is 6.56. The molecule has 5 rings (SSSR count). The summed E-state index contributed by atoms with van der Waals surface area (Å²) in [6.07, 6.45) is 3.01. The molecule has 7 nitrogen and oxygen atoms in total. The van der Waals surface area contributed by atoms with Crippen LogP contribution in [0.5, 0.6) is 0 Å². The smallest absolute Gasteiger partial charge is 0.243 e. The molecule has 0 bridgehead atoms. The zero-order valence-corrected chi connectivity index (χ0v) is 21.7. The van der Waals surface area contributed by atoms with Crippen LogP contribution in [0.3, 0.4) is 0 Å². The number of nitrogens with one attached hydrogen (secondary N) is 1. The van der Waals surface area contributed by atoms with E-state index in [1.54, 1.807) is 35.0 Å². The van der Waals surface area contributed by atoms with Crippen molar-refractivity contribution < 1.29 is 8.42 Å². The van der Waals surface area contributed by atoms with Crippen molar-refractivity contribution in [2.45, 2.75) is 23.8 Å². The molecular weight excluding hydrogens is 561 g/mol. The highest BCUT2D eigenvalue weighted by Crippen LogP contribution is 2.31. The third kappa shape index (κ3) is 4.55. The normalized spacial score (nSPS) is 15.6. The van der Waals surface area contributed by atoms with Gasteiger partial charge in [-0.3, -0.25) is 0 Å². The zero-order chi connectivity index (χ0) is 23.9. The van der Waals surface area contributed by atoms with E-state index in [4.69, 9.17) is 28.2 Å². The fourth-order valence-electron chi connectivity index (χ4n) is 4.05. The van der Waals surface area contributed by atoms with Crippen molar-refractivity contribution in [3.05, 3.63) is 75.3 Å². The molecule has 3 heterocycles. The highest BCUT2D eigenvalue weighted by molar-refractivity contribution is 9.10. The molecule has 1 aliphatic heterocycles. The monoisotopic (exact) mass is 579 g/mol. The fourth-order valence-corrected chi connectivity index (χ4v) is 6.23. The van der Waals surface area contributed by atoms with Crippen LogP contribution in [-0.2, 0) is 10.0 Å². The van der Waals surface area contributed by atoms with Gasteiger partial charge in [0, 0.05) is 40.8 Å². The maximum absolute atomic E-state index is 13.0. The molecule has 0 radical (unpaired) electrons. The summed E-state index contributed by atoms with van der Waals surface area (Å²) >= 11 is 15.8. The fraction of sp³-hybridized carbons (Fsp3) is 0.217. The largest absolute Gasteiger partial charge is 0.367 e. The molecule has 0 spiro atoms. The van der Waals surface area contributed by atoms with E-state index in [2.05, 4.69) is 26.3 Å². The van der Waals surface area contributed by atoms with Crippen molar-refractivity contribution in [1.29, 1.82) is 0 Å². The van der Waals surface area contributed by atoms with E-state index < -0.39 is 10.0 Å². The van der Waals surface area contributed by atoms with E-state index in [0.29, 0.717) is 41.6 Å². The Labute approximate surface area is 215 Å². The maximum Gasteiger partial charge on any atom is 0.243 e. The van der Waals surface area contributed by atoms with Crippen molar-refractivity contribution >= 4 is 60.6 Å². The van der Waals surface area contributed by atoms with Gasteiger partial charge in [0.05, 0.1) is 21.3 Å². The Bertz CT molecular complexity index is 1450. The van der Waals surface area contributed by atoms with Crippen LogP contribution in [0.25, 0.3) is 16.9 Å². The molecule has 176 valence electrons. The zero-order valence-electron chi connectivity index (χ0n) is 17.8. The minimum absolute atomic E-state index is 0.0735. The van der Waals surface area contributed by atoms with Gasteiger partial charge in [-0.25, -0.2) is 13.4 Å². The molecule has 1 saturated heterocycles. The van der Waals surface area contributed by atoms with Crippen LogP contribution in [0.15, 0.2) is 70.2 Å². The lowest BCUT2D eigenvalue weighted by atomic mass is 10.1. The number of benzene rings is 2. The quantitative estimate of drug-likeness (QED) is 0.326. The van der Waals surface area contributed by atoms with Gasteiger partial charge in [-0.15, -0.1) is 0 Å². The number of halogens is 3. The van der Waals surface area contributed by atoms with Crippen molar-refractivity contribution in [3.8, 4) is 11.3 Å². The number of anilines is 1. The molecular formula is C23H20BrCl2N5O2S. The molecule has 1 N–H and O–H groups in total. The van der Waals surface area contributed by atoms with Crippen LogP contribution in [0.2, 0.25) is 10.0 Å². The number of aromatic nitrogens is 3. The molecule has 11 heteroatoms. The van der Waals surface area contributed by atoms with Crippen LogP contribution < -0.4 is 5.32 Å². The minimum Gasteiger partial charge on any atom is -0.367 e. The topological polar surface area (TPSA) is 79.6 Å². The van der Waals surface area contributed by atoms with E-state index >= 15 is 0 Å². The molecule has 0 unspecified atom stereocenters. The predicted molar refractivity (Wildman–Crippen MR) is 138 cm³/mol. The second kappa shape index (κ2) is 9.47. The highest BCUT2D eigenvalue weighted by Gasteiger charge is 2.30. The second-order valence-electron chi connectivity index (χ2n) is 8.01. The third-order valence-corrected chi connectivity index (χ3v) is 8.89. The van der Waals surface area contributed by atoms with Gasteiger partial charge in [-0.05, 0) is 59.1 Å². The molecule has 0 amide bonds. The predicted octanol–water partition coefficient (Wildman–Crippen LogP) is 5.73. The third-order valence-electron chi connectivity index (χ3n) is 5.84. The Morgan fingerprint density at radius 3 is 2.44 bits per heavy atom. The first-order chi connectivity index (χ1) is 16.3. The minimum atomic E-state index is -3.56. The van der Waals surface area contributed by atoms with Gasteiger partial charge in [0.25, 0.3) is 0 Å². The molecule has 34 heavy (non-hydrogen) atoms. The van der Waals surface area contributed by atoms with Crippen molar-refractivity contribution in [2.75, 3.05) is 18.4 Å². The van der Waals surface area contributed by atoms with Crippen LogP contribution in [0, 0.1) is 0 Å². The number of piperidine rings is 1. The number of fused-ring (bicyclic) bond motifs is 1. The van der Waals surface area contributed by atoms with Crippen molar-refractivity contribution in [1.82, 2.24) is 18.9 Å². The van der Waals surface area contributed by atoms with Gasteiger partial charge in [-0.1, -0.05) is 41.4 Å². The first kappa shape index (κ1) is 23.6. The standard InChI is InChI=1S/C23H20BrCl2N5O2S/c24-19-14-27-31-22(13-21(29-23(19)31)18-3-1-2-4-20(18)26)28-16-9-11-30(12-10-16)34(32,33)17-7-5-15(25)6-8-17/h1-8,13-14,16,28H,9-12H2. The molecule has 1 fully saturated rings. The first-order valence-electron chi connectivity index (χ1n) is 10.6. The van der Waals surface area contributed by atoms with Gasteiger partial charge in [0.15, 0.2) is 5.65 Å².